The van der Waals surface area contributed by atoms with E-state index in [2.05, 4.69) is 10.2 Å². The molecule has 2 N–H and O–H groups in total. The van der Waals surface area contributed by atoms with Crippen LogP contribution in [-0.2, 0) is 17.5 Å². The zero-order valence-corrected chi connectivity index (χ0v) is 17.5. The quantitative estimate of drug-likeness (QED) is 0.794. The maximum atomic E-state index is 13.8. The van der Waals surface area contributed by atoms with E-state index in [1.54, 1.807) is 13.0 Å². The summed E-state index contributed by atoms with van der Waals surface area (Å²) < 4.78 is 41.8. The van der Waals surface area contributed by atoms with Crippen LogP contribution in [0.3, 0.4) is 0 Å². The summed E-state index contributed by atoms with van der Waals surface area (Å²) in [4.78, 5) is 14.9. The highest BCUT2D eigenvalue weighted by Crippen LogP contribution is 2.47. The molecule has 30 heavy (non-hydrogen) atoms. The minimum Gasteiger partial charge on any atom is -0.394 e. The maximum Gasteiger partial charge on any atom is 0.489 e. The summed E-state index contributed by atoms with van der Waals surface area (Å²) in [7, 11) is 1.95. The summed E-state index contributed by atoms with van der Waals surface area (Å²) >= 11 is 0. The first-order valence-electron chi connectivity index (χ1n) is 10.5. The molecular weight excluding hydrogens is 395 g/mol. The molecule has 0 spiro atoms. The molecule has 0 radical (unpaired) electrons. The number of likely N-dealkylation sites (tertiary alicyclic amines) is 1. The molecule has 1 aromatic heterocycles. The van der Waals surface area contributed by atoms with Gasteiger partial charge >= 0.3 is 6.30 Å². The van der Waals surface area contributed by atoms with E-state index in [1.165, 1.54) is 6.07 Å². The third kappa shape index (κ3) is 3.30. The Morgan fingerprint density at radius 1 is 1.37 bits per heavy atom. The predicted octanol–water partition coefficient (Wildman–Crippen LogP) is 3.27. The van der Waals surface area contributed by atoms with E-state index in [-0.39, 0.29) is 47.6 Å². The first kappa shape index (κ1) is 21.2. The number of aliphatic hydroxyl groups excluding tert-OH is 1. The fourth-order valence-corrected chi connectivity index (χ4v) is 5.41. The molecule has 2 aliphatic rings. The molecule has 4 rings (SSSR count). The number of likely N-dealkylation sites (N-methyl/N-ethyl adjacent to an activating group) is 1. The van der Waals surface area contributed by atoms with Gasteiger partial charge in [-0.2, -0.15) is 0 Å². The molecule has 1 aliphatic carbocycles. The van der Waals surface area contributed by atoms with E-state index >= 15 is 0 Å². The van der Waals surface area contributed by atoms with Crippen LogP contribution < -0.4 is 5.32 Å². The van der Waals surface area contributed by atoms with Crippen LogP contribution in [0.1, 0.15) is 42.5 Å². The van der Waals surface area contributed by atoms with Crippen molar-refractivity contribution in [2.75, 3.05) is 20.2 Å². The van der Waals surface area contributed by atoms with Gasteiger partial charge < -0.3 is 15.3 Å². The second kappa shape index (κ2) is 7.57. The third-order valence-electron chi connectivity index (χ3n) is 6.96. The number of alkyl halides is 3. The minimum absolute atomic E-state index is 0.00612. The van der Waals surface area contributed by atoms with Crippen molar-refractivity contribution in [2.45, 2.75) is 57.4 Å². The van der Waals surface area contributed by atoms with Gasteiger partial charge in [-0.25, -0.2) is 0 Å². The molecule has 164 valence electrons. The zero-order valence-electron chi connectivity index (χ0n) is 17.5. The second-order valence-corrected chi connectivity index (χ2v) is 8.66. The van der Waals surface area contributed by atoms with Gasteiger partial charge in [0.1, 0.15) is 0 Å². The number of fused-ring (bicyclic) bond motifs is 2. The van der Waals surface area contributed by atoms with Crippen LogP contribution in [0.25, 0.3) is 10.9 Å². The van der Waals surface area contributed by atoms with Crippen molar-refractivity contribution in [3.8, 4) is 0 Å². The fourth-order valence-electron chi connectivity index (χ4n) is 5.41. The van der Waals surface area contributed by atoms with Gasteiger partial charge in [0.2, 0.25) is 5.91 Å². The Bertz CT molecular complexity index is 965. The molecule has 0 saturated carbocycles. The molecule has 1 amide bonds. The molecule has 1 aliphatic heterocycles. The van der Waals surface area contributed by atoms with Crippen LogP contribution in [0.5, 0.6) is 0 Å². The van der Waals surface area contributed by atoms with E-state index in [4.69, 9.17) is 0 Å². The Morgan fingerprint density at radius 2 is 2.10 bits per heavy atom. The van der Waals surface area contributed by atoms with Gasteiger partial charge in [0.05, 0.1) is 24.1 Å². The van der Waals surface area contributed by atoms with Gasteiger partial charge in [0.25, 0.3) is 0 Å². The van der Waals surface area contributed by atoms with Gasteiger partial charge in [-0.3, -0.25) is 9.36 Å². The van der Waals surface area contributed by atoms with Crippen molar-refractivity contribution in [1.29, 1.82) is 0 Å². The molecule has 2 aromatic rings. The van der Waals surface area contributed by atoms with Gasteiger partial charge in [0, 0.05) is 29.6 Å². The first-order valence-corrected chi connectivity index (χ1v) is 10.5. The smallest absolute Gasteiger partial charge is 0.394 e. The van der Waals surface area contributed by atoms with Crippen molar-refractivity contribution < 1.29 is 23.1 Å². The molecule has 1 fully saturated rings. The summed E-state index contributed by atoms with van der Waals surface area (Å²) in [5, 5.41) is 13.0. The SMILES string of the molecule is CC[C@@H](CO)NC(=O)[C@@H]1CC2c3cccc4c3c(c(C)n4C(F)(F)F)C[C@H]2N(C)C1. The van der Waals surface area contributed by atoms with E-state index in [1.807, 2.05) is 20.0 Å². The maximum absolute atomic E-state index is 13.8. The van der Waals surface area contributed by atoms with E-state index in [0.717, 1.165) is 11.1 Å². The second-order valence-electron chi connectivity index (χ2n) is 8.66. The van der Waals surface area contributed by atoms with Crippen molar-refractivity contribution in [3.05, 3.63) is 35.0 Å². The van der Waals surface area contributed by atoms with Gasteiger partial charge in [-0.1, -0.05) is 19.1 Å². The van der Waals surface area contributed by atoms with Crippen molar-refractivity contribution in [3.63, 3.8) is 0 Å². The van der Waals surface area contributed by atoms with Crippen LogP contribution in [0.4, 0.5) is 13.2 Å². The number of benzene rings is 1. The van der Waals surface area contributed by atoms with Crippen molar-refractivity contribution >= 4 is 16.8 Å². The molecule has 4 atom stereocenters. The van der Waals surface area contributed by atoms with E-state index in [0.29, 0.717) is 35.8 Å². The number of rotatable bonds is 4. The highest BCUT2D eigenvalue weighted by molar-refractivity contribution is 5.91. The number of aliphatic hydroxyl groups is 1. The number of nitrogens with one attached hydrogen (secondary N) is 1. The summed E-state index contributed by atoms with van der Waals surface area (Å²) in [5.41, 5.74) is 2.13. The van der Waals surface area contributed by atoms with Gasteiger partial charge in [-0.15, -0.1) is 13.2 Å². The average Bonchev–Trinajstić information content (AvgIpc) is 2.99. The molecule has 8 heteroatoms. The standard InChI is InChI=1S/C22H28F3N3O2/c1-4-14(11-29)26-21(30)13-8-17-15-6-5-7-18-20(15)16(9-19(17)27(3)10-13)12(2)28(18)22(23,24)25/h5-7,13-14,17,19,29H,4,8-11H2,1-3H3,(H,26,30)/t13-,14+,17?,19-/m1/s1. The Morgan fingerprint density at radius 3 is 2.73 bits per heavy atom. The van der Waals surface area contributed by atoms with Crippen LogP contribution in [0.15, 0.2) is 18.2 Å². The third-order valence-corrected chi connectivity index (χ3v) is 6.96. The van der Waals surface area contributed by atoms with Crippen molar-refractivity contribution in [1.82, 2.24) is 14.8 Å². The number of carbonyl (C=O) groups excluding carboxylic acids is 1. The van der Waals surface area contributed by atoms with E-state index in [9.17, 15) is 23.1 Å². The van der Waals surface area contributed by atoms with Crippen LogP contribution in [0.2, 0.25) is 0 Å². The van der Waals surface area contributed by atoms with Crippen molar-refractivity contribution in [2.24, 2.45) is 5.92 Å². The predicted molar refractivity (Wildman–Crippen MR) is 108 cm³/mol. The summed E-state index contributed by atoms with van der Waals surface area (Å²) in [6.07, 6.45) is -2.68. The average molecular weight is 423 g/mol. The number of hydrogen-bond acceptors (Lipinski definition) is 3. The number of piperidine rings is 1. The van der Waals surface area contributed by atoms with Crippen LogP contribution in [0, 0.1) is 12.8 Å². The molecule has 1 unspecified atom stereocenters. The Balaban J connectivity index is 1.73. The van der Waals surface area contributed by atoms with Gasteiger partial charge in [0.15, 0.2) is 0 Å². The highest BCUT2D eigenvalue weighted by Gasteiger charge is 2.44. The summed E-state index contributed by atoms with van der Waals surface area (Å²) in [6.45, 7) is 3.90. The van der Waals surface area contributed by atoms with Crippen LogP contribution >= 0.6 is 0 Å². The number of carbonyl (C=O) groups is 1. The normalized spacial score (nSPS) is 25.2. The van der Waals surface area contributed by atoms with E-state index < -0.39 is 6.30 Å². The minimum atomic E-state index is -4.47. The topological polar surface area (TPSA) is 57.5 Å². The lowest BCUT2D eigenvalue weighted by Crippen LogP contribution is -2.52. The number of halogens is 3. The summed E-state index contributed by atoms with van der Waals surface area (Å²) in [5.74, 6) is -0.365. The van der Waals surface area contributed by atoms with Crippen LogP contribution in [-0.4, -0.2) is 52.8 Å². The Hall–Kier alpha value is -2.06. The molecule has 5 nitrogen and oxygen atoms in total. The lowest BCUT2D eigenvalue weighted by atomic mass is 9.72. The first-order chi connectivity index (χ1) is 14.2. The summed E-state index contributed by atoms with van der Waals surface area (Å²) in [6, 6.07) is 4.93. The zero-order chi connectivity index (χ0) is 21.8. The molecule has 0 bridgehead atoms. The molecule has 2 heterocycles. The fraction of sp³-hybridized carbons (Fsp3) is 0.591. The Labute approximate surface area is 173 Å². The molecule has 1 saturated heterocycles. The number of amides is 1. The number of hydrogen-bond donors (Lipinski definition) is 2. The molecule has 1 aromatic carbocycles. The highest BCUT2D eigenvalue weighted by atomic mass is 19.4. The number of nitrogens with zero attached hydrogens (tertiary/aromatic N) is 2. The lowest BCUT2D eigenvalue weighted by Gasteiger charge is -2.45. The lowest BCUT2D eigenvalue weighted by molar-refractivity contribution is -0.201. The largest absolute Gasteiger partial charge is 0.489 e. The van der Waals surface area contributed by atoms with Gasteiger partial charge in [-0.05, 0) is 50.4 Å². The monoisotopic (exact) mass is 423 g/mol. The Kier molecular flexibility index (Phi) is 5.34. The molecular formula is C22H28F3N3O2. The number of aromatic nitrogens is 1.